The number of aromatic nitrogens is 1. The van der Waals surface area contributed by atoms with E-state index in [-0.39, 0.29) is 24.4 Å². The van der Waals surface area contributed by atoms with E-state index in [9.17, 15) is 26.7 Å². The zero-order valence-electron chi connectivity index (χ0n) is 17.7. The number of benzene rings is 2. The summed E-state index contributed by atoms with van der Waals surface area (Å²) in [6.07, 6.45) is -4.30. The third-order valence-electron chi connectivity index (χ3n) is 5.39. The second-order valence-corrected chi connectivity index (χ2v) is 8.44. The molecular weight excluding hydrogens is 459 g/mol. The number of fused-ring (bicyclic) bond motifs is 1. The maximum absolute atomic E-state index is 13.2. The van der Waals surface area contributed by atoms with Crippen LogP contribution in [0.25, 0.3) is 22.0 Å². The lowest BCUT2D eigenvalue weighted by Crippen LogP contribution is -2.15. The Labute approximate surface area is 193 Å². The largest absolute Gasteiger partial charge is 0.395 e. The van der Waals surface area contributed by atoms with E-state index in [0.717, 1.165) is 16.5 Å². The Bertz CT molecular complexity index is 1150. The summed E-state index contributed by atoms with van der Waals surface area (Å²) in [6.45, 7) is -1.56. The molecule has 0 atom stereocenters. The lowest BCUT2D eigenvalue weighted by Gasteiger charge is -2.12. The number of hydrogen-bond donors (Lipinski definition) is 1. The van der Waals surface area contributed by atoms with Gasteiger partial charge in [-0.2, -0.15) is 13.2 Å². The zero-order valence-corrected chi connectivity index (χ0v) is 18.5. The van der Waals surface area contributed by atoms with E-state index < -0.39 is 37.6 Å². The highest BCUT2D eigenvalue weighted by Gasteiger charge is 2.30. The maximum Gasteiger partial charge on any atom is 0.395 e. The summed E-state index contributed by atoms with van der Waals surface area (Å²) in [6, 6.07) is 12.6. The van der Waals surface area contributed by atoms with Gasteiger partial charge in [-0.3, -0.25) is 13.6 Å². The molecule has 3 nitrogen and oxygen atoms in total. The number of carbonyl (C=O) groups excluding carboxylic acids is 1. The van der Waals surface area contributed by atoms with Crippen molar-refractivity contribution in [1.82, 2.24) is 4.57 Å². The van der Waals surface area contributed by atoms with Crippen molar-refractivity contribution in [3.8, 4) is 11.1 Å². The van der Waals surface area contributed by atoms with Gasteiger partial charge in [0.2, 0.25) is 0 Å². The minimum absolute atomic E-state index is 0.0922. The van der Waals surface area contributed by atoms with E-state index in [0.29, 0.717) is 16.6 Å². The summed E-state index contributed by atoms with van der Waals surface area (Å²) in [5, 5.41) is 0.803. The summed E-state index contributed by atoms with van der Waals surface area (Å²) in [7, 11) is 0. The third kappa shape index (κ3) is 6.37. The van der Waals surface area contributed by atoms with Crippen LogP contribution in [-0.4, -0.2) is 34.9 Å². The van der Waals surface area contributed by atoms with Crippen molar-refractivity contribution in [2.75, 3.05) is 13.3 Å². The van der Waals surface area contributed by atoms with E-state index in [1.165, 1.54) is 0 Å². The lowest BCUT2D eigenvalue weighted by molar-refractivity contribution is -0.152. The Morgan fingerprint density at radius 1 is 1.09 bits per heavy atom. The first kappa shape index (κ1) is 24.8. The fourth-order valence-corrected chi connectivity index (χ4v) is 3.85. The van der Waals surface area contributed by atoms with Gasteiger partial charge in [-0.25, -0.2) is 0 Å². The Morgan fingerprint density at radius 2 is 1.82 bits per heavy atom. The average Bonchev–Trinajstić information content (AvgIpc) is 3.12. The standard InChI is InChI=1S/C24H23F5N2OS/c25-11-16(12-26)13-31-14-21(17-2-1-3-18(9-17)23(30)33)20-7-5-15(8-22(20)31)4-6-19(32)10-24(27,28)29/h1-3,5,7-9,14,16H,4,6,10-13H2,(H2,30,33). The van der Waals surface area contributed by atoms with Crippen LogP contribution in [0.4, 0.5) is 22.0 Å². The van der Waals surface area contributed by atoms with Crippen LogP contribution >= 0.6 is 12.2 Å². The molecule has 0 unspecified atom stereocenters. The SMILES string of the molecule is NC(=S)c1cccc(-c2cn(CC(CF)CF)c3cc(CCC(=O)CC(F)(F)F)ccc23)c1. The van der Waals surface area contributed by atoms with E-state index in [1.54, 1.807) is 41.1 Å². The van der Waals surface area contributed by atoms with Crippen LogP contribution in [0, 0.1) is 5.92 Å². The van der Waals surface area contributed by atoms with Gasteiger partial charge in [-0.15, -0.1) is 0 Å². The molecule has 0 aliphatic carbocycles. The topological polar surface area (TPSA) is 48.0 Å². The molecule has 0 bridgehead atoms. The molecule has 9 heteroatoms. The summed E-state index contributed by atoms with van der Waals surface area (Å²) < 4.78 is 65.5. The first-order valence-corrected chi connectivity index (χ1v) is 10.7. The molecule has 0 fully saturated rings. The number of alkyl halides is 5. The molecule has 2 aromatic carbocycles. The molecule has 0 aliphatic heterocycles. The van der Waals surface area contributed by atoms with Gasteiger partial charge in [0, 0.05) is 47.1 Å². The molecule has 0 spiro atoms. The van der Waals surface area contributed by atoms with Crippen molar-refractivity contribution in [3.05, 3.63) is 59.8 Å². The van der Waals surface area contributed by atoms with Crippen molar-refractivity contribution in [2.45, 2.75) is 32.0 Å². The van der Waals surface area contributed by atoms with Crippen LogP contribution in [0.2, 0.25) is 0 Å². The second-order valence-electron chi connectivity index (χ2n) is 8.00. The summed E-state index contributed by atoms with van der Waals surface area (Å²) in [5.74, 6) is -1.71. The lowest BCUT2D eigenvalue weighted by atomic mass is 10.00. The Hall–Kier alpha value is -2.81. The molecule has 1 aromatic heterocycles. The predicted molar refractivity (Wildman–Crippen MR) is 123 cm³/mol. The van der Waals surface area contributed by atoms with Gasteiger partial charge >= 0.3 is 6.18 Å². The molecule has 0 aliphatic rings. The second kappa shape index (κ2) is 10.4. The van der Waals surface area contributed by atoms with E-state index in [4.69, 9.17) is 18.0 Å². The van der Waals surface area contributed by atoms with Gasteiger partial charge in [-0.05, 0) is 29.7 Å². The van der Waals surface area contributed by atoms with Crippen LogP contribution in [0.1, 0.15) is 24.0 Å². The van der Waals surface area contributed by atoms with Crippen LogP contribution in [0.5, 0.6) is 0 Å². The normalized spacial score (nSPS) is 11.9. The van der Waals surface area contributed by atoms with E-state index in [1.807, 2.05) is 12.1 Å². The number of aryl methyl sites for hydroxylation is 1. The number of ketones is 1. The highest BCUT2D eigenvalue weighted by molar-refractivity contribution is 7.80. The number of hydrogen-bond acceptors (Lipinski definition) is 2. The quantitative estimate of drug-likeness (QED) is 0.287. The number of nitrogens with zero attached hydrogens (tertiary/aromatic N) is 1. The molecule has 2 N–H and O–H groups in total. The minimum atomic E-state index is -4.53. The summed E-state index contributed by atoms with van der Waals surface area (Å²) >= 11 is 5.05. The van der Waals surface area contributed by atoms with Gasteiger partial charge in [0.05, 0.1) is 13.3 Å². The van der Waals surface area contributed by atoms with Crippen molar-refractivity contribution in [3.63, 3.8) is 0 Å². The third-order valence-corrected chi connectivity index (χ3v) is 5.62. The molecule has 0 radical (unpaired) electrons. The Balaban J connectivity index is 1.99. The van der Waals surface area contributed by atoms with Crippen molar-refractivity contribution < 1.29 is 26.7 Å². The van der Waals surface area contributed by atoms with E-state index >= 15 is 0 Å². The van der Waals surface area contributed by atoms with Gasteiger partial charge in [0.15, 0.2) is 0 Å². The van der Waals surface area contributed by atoms with Crippen LogP contribution in [-0.2, 0) is 17.8 Å². The van der Waals surface area contributed by atoms with Crippen molar-refractivity contribution in [1.29, 1.82) is 0 Å². The van der Waals surface area contributed by atoms with E-state index in [2.05, 4.69) is 0 Å². The van der Waals surface area contributed by atoms with Gasteiger partial charge in [0.25, 0.3) is 0 Å². The number of nitrogens with two attached hydrogens (primary N) is 1. The predicted octanol–water partition coefficient (Wildman–Crippen LogP) is 5.95. The van der Waals surface area contributed by atoms with Gasteiger partial charge < -0.3 is 10.3 Å². The Kier molecular flexibility index (Phi) is 7.84. The van der Waals surface area contributed by atoms with Crippen LogP contribution in [0.3, 0.4) is 0 Å². The van der Waals surface area contributed by atoms with Gasteiger partial charge in [-0.1, -0.05) is 42.5 Å². The minimum Gasteiger partial charge on any atom is -0.389 e. The molecule has 0 saturated carbocycles. The summed E-state index contributed by atoms with van der Waals surface area (Å²) in [4.78, 5) is 11.9. The molecule has 3 rings (SSSR count). The number of rotatable bonds is 10. The number of carbonyl (C=O) groups is 1. The van der Waals surface area contributed by atoms with Crippen LogP contribution in [0.15, 0.2) is 48.7 Å². The number of halogens is 5. The van der Waals surface area contributed by atoms with Crippen molar-refractivity contribution in [2.24, 2.45) is 11.7 Å². The fourth-order valence-electron chi connectivity index (χ4n) is 3.73. The first-order valence-electron chi connectivity index (χ1n) is 10.3. The highest BCUT2D eigenvalue weighted by atomic mass is 32.1. The molecule has 33 heavy (non-hydrogen) atoms. The molecule has 176 valence electrons. The summed E-state index contributed by atoms with van der Waals surface area (Å²) in [5.41, 5.74) is 9.38. The molecule has 1 heterocycles. The molecule has 3 aromatic rings. The average molecular weight is 483 g/mol. The first-order chi connectivity index (χ1) is 15.6. The smallest absolute Gasteiger partial charge is 0.389 e. The highest BCUT2D eigenvalue weighted by Crippen LogP contribution is 2.33. The van der Waals surface area contributed by atoms with Crippen LogP contribution < -0.4 is 5.73 Å². The molecular formula is C24H23F5N2OS. The van der Waals surface area contributed by atoms with Gasteiger partial charge in [0.1, 0.15) is 17.2 Å². The van der Waals surface area contributed by atoms with Crippen molar-refractivity contribution >= 4 is 33.9 Å². The molecule has 0 amide bonds. The fraction of sp³-hybridized carbons (Fsp3) is 0.333. The monoisotopic (exact) mass is 482 g/mol. The zero-order chi connectivity index (χ0) is 24.2. The maximum atomic E-state index is 13.2. The number of Topliss-reactive ketones (excluding diaryl/α,β-unsaturated/α-hetero) is 1. The number of thiocarbonyl (C=S) groups is 1. The molecule has 0 saturated heterocycles. The Morgan fingerprint density at radius 3 is 2.45 bits per heavy atom.